The van der Waals surface area contributed by atoms with Gasteiger partial charge in [-0.2, -0.15) is 0 Å². The van der Waals surface area contributed by atoms with Crippen LogP contribution in [0.2, 0.25) is 0 Å². The van der Waals surface area contributed by atoms with Gasteiger partial charge in [-0.15, -0.1) is 0 Å². The van der Waals surface area contributed by atoms with Crippen LogP contribution < -0.4 is 0 Å². The van der Waals surface area contributed by atoms with Crippen molar-refractivity contribution in [2.75, 3.05) is 13.1 Å². The van der Waals surface area contributed by atoms with E-state index >= 15 is 0 Å². The smallest absolute Gasteiger partial charge is 0.335 e. The maximum atomic E-state index is 11.8. The minimum atomic E-state index is -0.903. The summed E-state index contributed by atoms with van der Waals surface area (Å²) in [6, 6.07) is 7.05. The van der Waals surface area contributed by atoms with Crippen LogP contribution in [0.4, 0.5) is 0 Å². The monoisotopic (exact) mass is 319 g/mol. The number of carbonyl (C=O) groups is 2. The molecule has 0 aliphatic carbocycles. The first-order valence-corrected chi connectivity index (χ1v) is 8.18. The van der Waals surface area contributed by atoms with Gasteiger partial charge in [0.05, 0.1) is 11.7 Å². The predicted molar refractivity (Wildman–Crippen MR) is 87.2 cm³/mol. The van der Waals surface area contributed by atoms with E-state index in [1.807, 2.05) is 19.9 Å². The molecule has 1 fully saturated rings. The van der Waals surface area contributed by atoms with Crippen molar-refractivity contribution in [1.82, 2.24) is 4.90 Å². The van der Waals surface area contributed by atoms with Crippen LogP contribution in [0.25, 0.3) is 0 Å². The maximum Gasteiger partial charge on any atom is 0.335 e. The molecule has 1 unspecified atom stereocenters. The first-order chi connectivity index (χ1) is 10.9. The highest BCUT2D eigenvalue weighted by Gasteiger charge is 2.23. The fraction of sp³-hybridized carbons (Fsp3) is 0.556. The average molecular weight is 319 g/mol. The number of esters is 1. The van der Waals surface area contributed by atoms with E-state index in [-0.39, 0.29) is 12.1 Å². The quantitative estimate of drug-likeness (QED) is 0.817. The summed E-state index contributed by atoms with van der Waals surface area (Å²) in [5.74, 6) is -0.711. The number of piperidine rings is 1. The van der Waals surface area contributed by atoms with Crippen LogP contribution in [-0.4, -0.2) is 41.1 Å². The van der Waals surface area contributed by atoms with Crippen molar-refractivity contribution < 1.29 is 19.4 Å². The van der Waals surface area contributed by atoms with Crippen LogP contribution in [0.5, 0.6) is 0 Å². The summed E-state index contributed by atoms with van der Waals surface area (Å²) < 4.78 is 5.23. The Bertz CT molecular complexity index is 556. The molecule has 23 heavy (non-hydrogen) atoms. The molecule has 1 aromatic carbocycles. The van der Waals surface area contributed by atoms with Gasteiger partial charge >= 0.3 is 11.9 Å². The molecule has 5 heteroatoms. The van der Waals surface area contributed by atoms with Crippen LogP contribution in [0.3, 0.4) is 0 Å². The minimum Gasteiger partial charge on any atom is -0.478 e. The number of nitrogens with zero attached hydrogens (tertiary/aromatic N) is 1. The van der Waals surface area contributed by atoms with E-state index in [4.69, 9.17) is 9.84 Å². The number of carboxylic acid groups (broad SMARTS) is 1. The topological polar surface area (TPSA) is 66.8 Å². The molecule has 1 N–H and O–H groups in total. The lowest BCUT2D eigenvalue weighted by Gasteiger charge is -2.32. The number of hydrogen-bond acceptors (Lipinski definition) is 4. The molecule has 1 aliphatic heterocycles. The van der Waals surface area contributed by atoms with Crippen LogP contribution in [0.1, 0.15) is 49.0 Å². The zero-order valence-electron chi connectivity index (χ0n) is 13.8. The number of carbonyl (C=O) groups excluding carboxylic acids is 1. The zero-order chi connectivity index (χ0) is 16.8. The highest BCUT2D eigenvalue weighted by atomic mass is 16.5. The van der Waals surface area contributed by atoms with Crippen LogP contribution in [0.15, 0.2) is 24.3 Å². The van der Waals surface area contributed by atoms with Gasteiger partial charge in [0.25, 0.3) is 0 Å². The summed E-state index contributed by atoms with van der Waals surface area (Å²) in [7, 11) is 0. The highest BCUT2D eigenvalue weighted by molar-refractivity contribution is 5.87. The Balaban J connectivity index is 1.90. The molecule has 0 bridgehead atoms. The van der Waals surface area contributed by atoms with E-state index in [1.54, 1.807) is 18.2 Å². The van der Waals surface area contributed by atoms with Gasteiger partial charge in [0.15, 0.2) is 0 Å². The number of rotatable bonds is 6. The summed E-state index contributed by atoms with van der Waals surface area (Å²) in [4.78, 5) is 25.1. The predicted octanol–water partition coefficient (Wildman–Crippen LogP) is 2.94. The molecule has 1 heterocycles. The number of likely N-dealkylation sites (tertiary alicyclic amines) is 1. The van der Waals surface area contributed by atoms with E-state index < -0.39 is 5.97 Å². The summed E-state index contributed by atoms with van der Waals surface area (Å²) in [6.07, 6.45) is 2.49. The third-order valence-corrected chi connectivity index (χ3v) is 4.01. The molecule has 1 atom stereocenters. The van der Waals surface area contributed by atoms with Gasteiger partial charge < -0.3 is 9.84 Å². The van der Waals surface area contributed by atoms with E-state index in [0.717, 1.165) is 38.0 Å². The SMILES string of the molecule is CC(C)OC(=O)CC1CCCN(Cc2cccc(C(=O)O)c2)C1. The summed E-state index contributed by atoms with van der Waals surface area (Å²) >= 11 is 0. The molecule has 1 aromatic rings. The highest BCUT2D eigenvalue weighted by Crippen LogP contribution is 2.22. The Kier molecular flexibility index (Phi) is 6.16. The standard InChI is InChI=1S/C18H25NO4/c1-13(2)23-17(20)10-15-6-4-8-19(12-15)11-14-5-3-7-16(9-14)18(21)22/h3,5,7,9,13,15H,4,6,8,10-12H2,1-2H3,(H,21,22). The molecular formula is C18H25NO4. The van der Waals surface area contributed by atoms with E-state index in [1.165, 1.54) is 0 Å². The normalized spacial score (nSPS) is 18.8. The third kappa shape index (κ3) is 5.67. The lowest BCUT2D eigenvalue weighted by atomic mass is 9.94. The third-order valence-electron chi connectivity index (χ3n) is 4.01. The average Bonchev–Trinajstić information content (AvgIpc) is 2.46. The summed E-state index contributed by atoms with van der Waals surface area (Å²) in [5.41, 5.74) is 1.31. The van der Waals surface area contributed by atoms with E-state index in [9.17, 15) is 9.59 Å². The van der Waals surface area contributed by atoms with Crippen molar-refractivity contribution in [2.45, 2.75) is 45.8 Å². The van der Waals surface area contributed by atoms with Crippen LogP contribution in [-0.2, 0) is 16.1 Å². The minimum absolute atomic E-state index is 0.0686. The number of aromatic carboxylic acids is 1. The van der Waals surface area contributed by atoms with Crippen molar-refractivity contribution in [3.05, 3.63) is 35.4 Å². The first-order valence-electron chi connectivity index (χ1n) is 8.18. The second-order valence-electron chi connectivity index (χ2n) is 6.49. The van der Waals surface area contributed by atoms with Crippen molar-refractivity contribution in [3.8, 4) is 0 Å². The van der Waals surface area contributed by atoms with Gasteiger partial charge in [0.2, 0.25) is 0 Å². The number of ether oxygens (including phenoxy) is 1. The fourth-order valence-corrected chi connectivity index (χ4v) is 3.07. The molecule has 0 radical (unpaired) electrons. The van der Waals surface area contributed by atoms with E-state index in [2.05, 4.69) is 4.90 Å². The Hall–Kier alpha value is -1.88. The van der Waals surface area contributed by atoms with Crippen molar-refractivity contribution >= 4 is 11.9 Å². The Morgan fingerprint density at radius 3 is 2.87 bits per heavy atom. The largest absolute Gasteiger partial charge is 0.478 e. The molecule has 0 spiro atoms. The van der Waals surface area contributed by atoms with Gasteiger partial charge in [0.1, 0.15) is 0 Å². The molecule has 0 saturated carbocycles. The molecule has 0 aromatic heterocycles. The number of benzene rings is 1. The molecule has 2 rings (SSSR count). The second-order valence-corrected chi connectivity index (χ2v) is 6.49. The molecule has 0 amide bonds. The van der Waals surface area contributed by atoms with Gasteiger partial charge in [-0.25, -0.2) is 4.79 Å². The van der Waals surface area contributed by atoms with Crippen molar-refractivity contribution in [1.29, 1.82) is 0 Å². The Morgan fingerprint density at radius 1 is 1.39 bits per heavy atom. The van der Waals surface area contributed by atoms with Crippen molar-refractivity contribution in [3.63, 3.8) is 0 Å². The maximum absolute atomic E-state index is 11.8. The number of carboxylic acids is 1. The van der Waals surface area contributed by atoms with E-state index in [0.29, 0.717) is 17.9 Å². The number of hydrogen-bond donors (Lipinski definition) is 1. The molecule has 5 nitrogen and oxygen atoms in total. The van der Waals surface area contributed by atoms with Gasteiger partial charge in [-0.1, -0.05) is 12.1 Å². The summed E-state index contributed by atoms with van der Waals surface area (Å²) in [6.45, 7) is 6.27. The molecule has 1 aliphatic rings. The van der Waals surface area contributed by atoms with Gasteiger partial charge in [-0.05, 0) is 56.8 Å². The Labute approximate surface area is 137 Å². The zero-order valence-corrected chi connectivity index (χ0v) is 13.8. The Morgan fingerprint density at radius 2 is 2.17 bits per heavy atom. The van der Waals surface area contributed by atoms with Crippen molar-refractivity contribution in [2.24, 2.45) is 5.92 Å². The summed E-state index contributed by atoms with van der Waals surface area (Å²) in [5, 5.41) is 9.06. The van der Waals surface area contributed by atoms with Gasteiger partial charge in [-0.3, -0.25) is 9.69 Å². The first kappa shape index (κ1) is 17.5. The van der Waals surface area contributed by atoms with Crippen LogP contribution in [0, 0.1) is 5.92 Å². The van der Waals surface area contributed by atoms with Gasteiger partial charge in [0, 0.05) is 19.5 Å². The molecule has 1 saturated heterocycles. The lowest BCUT2D eigenvalue weighted by Crippen LogP contribution is -2.36. The lowest BCUT2D eigenvalue weighted by molar-refractivity contribution is -0.149. The fourth-order valence-electron chi connectivity index (χ4n) is 3.07. The second kappa shape index (κ2) is 8.11. The van der Waals surface area contributed by atoms with Crippen LogP contribution >= 0.6 is 0 Å². The molecular weight excluding hydrogens is 294 g/mol. The molecule has 126 valence electrons.